The first kappa shape index (κ1) is 36.4. The van der Waals surface area contributed by atoms with Gasteiger partial charge in [-0.1, -0.05) is 25.3 Å². The Labute approximate surface area is 270 Å². The van der Waals surface area contributed by atoms with E-state index in [1.165, 1.54) is 0 Å². The fraction of sp³-hybridized carbons (Fsp3) is 0.471. The lowest BCUT2D eigenvalue weighted by molar-refractivity contribution is -0.141. The van der Waals surface area contributed by atoms with Crippen LogP contribution in [0.3, 0.4) is 0 Å². The molecule has 0 aromatic heterocycles. The predicted octanol–water partition coefficient (Wildman–Crippen LogP) is 4.22. The molecule has 0 atom stereocenters. The van der Waals surface area contributed by atoms with Crippen molar-refractivity contribution in [2.75, 3.05) is 79.3 Å². The molecule has 12 heteroatoms. The second-order valence-electron chi connectivity index (χ2n) is 10.1. The van der Waals surface area contributed by atoms with Crippen LogP contribution in [0.2, 0.25) is 0 Å². The van der Waals surface area contributed by atoms with Gasteiger partial charge in [0.1, 0.15) is 39.6 Å². The molecule has 12 nitrogen and oxygen atoms in total. The summed E-state index contributed by atoms with van der Waals surface area (Å²) < 4.78 is 56.7. The molecule has 1 aliphatic rings. The second-order valence-corrected chi connectivity index (χ2v) is 10.1. The number of fused-ring (bicyclic) bond motifs is 2. The minimum absolute atomic E-state index is 0.0751. The van der Waals surface area contributed by atoms with Crippen LogP contribution < -0.4 is 18.9 Å². The van der Waals surface area contributed by atoms with E-state index in [0.717, 1.165) is 11.1 Å². The minimum Gasteiger partial charge on any atom is -0.487 e. The molecular formula is C34H44O12. The number of rotatable bonds is 6. The Morgan fingerprint density at radius 2 is 0.826 bits per heavy atom. The van der Waals surface area contributed by atoms with Crippen molar-refractivity contribution in [3.8, 4) is 23.0 Å². The molecule has 2 aromatic carbocycles. The minimum atomic E-state index is -0.464. The largest absolute Gasteiger partial charge is 0.487 e. The standard InChI is InChI=1S/C34H44O12/c1-25(2)33(35)45-23-27-5-7-29-31(21-27)43-19-15-39-11-12-40-16-20-44-32-22-28(24-46-34(36)26(3)4)6-8-30(32)42-18-14-38-10-9-37-13-17-41-29/h5-8,21-22H,1,3,9-20,23-24H2,2,4H3. The van der Waals surface area contributed by atoms with E-state index in [-0.39, 0.29) is 26.4 Å². The Morgan fingerprint density at radius 1 is 0.522 bits per heavy atom. The fourth-order valence-electron chi connectivity index (χ4n) is 3.78. The summed E-state index contributed by atoms with van der Waals surface area (Å²) in [6.45, 7) is 14.5. The topological polar surface area (TPSA) is 126 Å². The van der Waals surface area contributed by atoms with Gasteiger partial charge in [-0.3, -0.25) is 0 Å². The Kier molecular flexibility index (Phi) is 16.5. The average molecular weight is 645 g/mol. The number of carbonyl (C=O) groups is 2. The summed E-state index contributed by atoms with van der Waals surface area (Å²) in [6.07, 6.45) is 0. The van der Waals surface area contributed by atoms with Crippen molar-refractivity contribution < 1.29 is 57.0 Å². The maximum atomic E-state index is 11.8. The van der Waals surface area contributed by atoms with Gasteiger partial charge in [-0.05, 0) is 49.2 Å². The molecule has 0 fully saturated rings. The van der Waals surface area contributed by atoms with Gasteiger partial charge in [-0.2, -0.15) is 0 Å². The molecule has 2 aromatic rings. The van der Waals surface area contributed by atoms with Crippen LogP contribution in [-0.4, -0.2) is 91.2 Å². The van der Waals surface area contributed by atoms with Crippen LogP contribution in [0.5, 0.6) is 23.0 Å². The van der Waals surface area contributed by atoms with Crippen LogP contribution in [0, 0.1) is 0 Å². The van der Waals surface area contributed by atoms with Crippen molar-refractivity contribution in [3.05, 3.63) is 71.8 Å². The lowest BCUT2D eigenvalue weighted by atomic mass is 10.2. The summed E-state index contributed by atoms with van der Waals surface area (Å²) in [5.41, 5.74) is 2.13. The van der Waals surface area contributed by atoms with E-state index in [0.29, 0.717) is 100 Å². The molecule has 0 unspecified atom stereocenters. The summed E-state index contributed by atoms with van der Waals surface area (Å²) >= 11 is 0. The van der Waals surface area contributed by atoms with E-state index < -0.39 is 11.9 Å². The highest BCUT2D eigenvalue weighted by Crippen LogP contribution is 2.30. The molecule has 0 bridgehead atoms. The molecule has 252 valence electrons. The first-order chi connectivity index (χ1) is 22.3. The maximum absolute atomic E-state index is 11.8. The van der Waals surface area contributed by atoms with Gasteiger partial charge in [0, 0.05) is 11.1 Å². The van der Waals surface area contributed by atoms with Gasteiger partial charge in [0.15, 0.2) is 23.0 Å². The van der Waals surface area contributed by atoms with Gasteiger partial charge >= 0.3 is 11.9 Å². The van der Waals surface area contributed by atoms with E-state index in [2.05, 4.69) is 13.2 Å². The summed E-state index contributed by atoms with van der Waals surface area (Å²) in [4.78, 5) is 23.6. The van der Waals surface area contributed by atoms with Crippen LogP contribution in [0.1, 0.15) is 25.0 Å². The van der Waals surface area contributed by atoms with Gasteiger partial charge in [-0.15, -0.1) is 0 Å². The van der Waals surface area contributed by atoms with E-state index in [1.807, 2.05) is 0 Å². The molecule has 1 heterocycles. The lowest BCUT2D eigenvalue weighted by Crippen LogP contribution is -2.16. The molecule has 1 aliphatic heterocycles. The molecule has 0 N–H and O–H groups in total. The third-order valence-corrected chi connectivity index (χ3v) is 6.14. The highest BCUT2D eigenvalue weighted by atomic mass is 16.6. The zero-order valence-electron chi connectivity index (χ0n) is 26.7. The van der Waals surface area contributed by atoms with E-state index in [9.17, 15) is 9.59 Å². The van der Waals surface area contributed by atoms with E-state index in [1.54, 1.807) is 50.2 Å². The van der Waals surface area contributed by atoms with Crippen molar-refractivity contribution in [2.24, 2.45) is 0 Å². The van der Waals surface area contributed by atoms with Crippen molar-refractivity contribution >= 4 is 11.9 Å². The Morgan fingerprint density at radius 3 is 1.15 bits per heavy atom. The Hall–Kier alpha value is -4.10. The quantitative estimate of drug-likeness (QED) is 0.330. The van der Waals surface area contributed by atoms with E-state index in [4.69, 9.17) is 47.4 Å². The number of ether oxygens (including phenoxy) is 10. The zero-order chi connectivity index (χ0) is 33.0. The third kappa shape index (κ3) is 13.9. The van der Waals surface area contributed by atoms with Crippen molar-refractivity contribution in [2.45, 2.75) is 27.1 Å². The molecule has 0 amide bonds. The van der Waals surface area contributed by atoms with Crippen LogP contribution in [0.4, 0.5) is 0 Å². The first-order valence-corrected chi connectivity index (χ1v) is 15.1. The summed E-state index contributed by atoms with van der Waals surface area (Å²) in [5, 5.41) is 0. The fourth-order valence-corrected chi connectivity index (χ4v) is 3.78. The zero-order valence-corrected chi connectivity index (χ0v) is 26.7. The first-order valence-electron chi connectivity index (χ1n) is 15.1. The highest BCUT2D eigenvalue weighted by molar-refractivity contribution is 5.87. The Bertz CT molecular complexity index is 1180. The second kappa shape index (κ2) is 20.8. The number of esters is 2. The molecule has 0 saturated heterocycles. The van der Waals surface area contributed by atoms with Crippen molar-refractivity contribution in [3.63, 3.8) is 0 Å². The van der Waals surface area contributed by atoms with Gasteiger partial charge < -0.3 is 47.4 Å². The smallest absolute Gasteiger partial charge is 0.333 e. The average Bonchev–Trinajstić information content (AvgIpc) is 3.04. The Balaban J connectivity index is 1.54. The van der Waals surface area contributed by atoms with Gasteiger partial charge in [0.05, 0.1) is 52.9 Å². The summed E-state index contributed by atoms with van der Waals surface area (Å²) in [7, 11) is 0. The molecular weight excluding hydrogens is 600 g/mol. The number of benzene rings is 2. The monoisotopic (exact) mass is 644 g/mol. The SMILES string of the molecule is C=C(C)C(=O)OCc1ccc2c(c1)OCCOCCOCCOc1cc(COC(=O)C(=C)C)ccc1OCCOCCOCCO2. The maximum Gasteiger partial charge on any atom is 0.333 e. The number of carbonyl (C=O) groups excluding carboxylic acids is 2. The molecule has 0 aliphatic carbocycles. The van der Waals surface area contributed by atoms with Crippen LogP contribution >= 0.6 is 0 Å². The summed E-state index contributed by atoms with van der Waals surface area (Å²) in [6, 6.07) is 10.7. The van der Waals surface area contributed by atoms with E-state index >= 15 is 0 Å². The number of hydrogen-bond acceptors (Lipinski definition) is 12. The highest BCUT2D eigenvalue weighted by Gasteiger charge is 2.12. The van der Waals surface area contributed by atoms with Crippen LogP contribution in [0.15, 0.2) is 60.7 Å². The van der Waals surface area contributed by atoms with Gasteiger partial charge in [0.25, 0.3) is 0 Å². The normalized spacial score (nSPS) is 15.9. The van der Waals surface area contributed by atoms with Gasteiger partial charge in [-0.25, -0.2) is 9.59 Å². The predicted molar refractivity (Wildman–Crippen MR) is 167 cm³/mol. The molecule has 0 saturated carbocycles. The third-order valence-electron chi connectivity index (χ3n) is 6.14. The van der Waals surface area contributed by atoms with Gasteiger partial charge in [0.2, 0.25) is 0 Å². The van der Waals surface area contributed by atoms with Crippen molar-refractivity contribution in [1.82, 2.24) is 0 Å². The molecule has 46 heavy (non-hydrogen) atoms. The molecule has 3 rings (SSSR count). The van der Waals surface area contributed by atoms with Crippen molar-refractivity contribution in [1.29, 1.82) is 0 Å². The summed E-state index contributed by atoms with van der Waals surface area (Å²) in [5.74, 6) is 1.13. The van der Waals surface area contributed by atoms with Crippen LogP contribution in [-0.2, 0) is 51.2 Å². The molecule has 0 spiro atoms. The molecule has 0 radical (unpaired) electrons. The lowest BCUT2D eigenvalue weighted by Gasteiger charge is -2.16. The van der Waals surface area contributed by atoms with Crippen LogP contribution in [0.25, 0.3) is 0 Å². The number of hydrogen-bond donors (Lipinski definition) is 0.